The molecule has 0 spiro atoms. The van der Waals surface area contributed by atoms with E-state index in [1.165, 1.54) is 18.0 Å². The van der Waals surface area contributed by atoms with Crippen LogP contribution < -0.4 is 10.1 Å². The fraction of sp³-hybridized carbons (Fsp3) is 0.167. The Hall–Kier alpha value is -3.10. The summed E-state index contributed by atoms with van der Waals surface area (Å²) in [6, 6.07) is 1.78. The van der Waals surface area contributed by atoms with Crippen LogP contribution in [0.3, 0.4) is 0 Å². The van der Waals surface area contributed by atoms with E-state index in [0.717, 1.165) is 0 Å². The second kappa shape index (κ2) is 5.49. The number of hydrogen-bond donors (Lipinski definition) is 1. The molecule has 0 radical (unpaired) electrons. The lowest BCUT2D eigenvalue weighted by Gasteiger charge is -2.08. The van der Waals surface area contributed by atoms with Gasteiger partial charge in [-0.2, -0.15) is 20.1 Å². The number of hydrogen-bond acceptors (Lipinski definition) is 8. The van der Waals surface area contributed by atoms with Crippen LogP contribution in [0.4, 0.5) is 5.95 Å². The van der Waals surface area contributed by atoms with Gasteiger partial charge in [-0.05, 0) is 6.07 Å². The molecule has 0 atom stereocenters. The smallest absolute Gasteiger partial charge is 0.255 e. The van der Waals surface area contributed by atoms with Gasteiger partial charge in [0, 0.05) is 31.8 Å². The highest BCUT2D eigenvalue weighted by atomic mass is 16.5. The predicted octanol–water partition coefficient (Wildman–Crippen LogP) is 0.565. The molecule has 0 aliphatic carbocycles. The number of methoxy groups -OCH3 is 1. The van der Waals surface area contributed by atoms with Crippen LogP contribution >= 0.6 is 0 Å². The Morgan fingerprint density at radius 2 is 1.95 bits per heavy atom. The molecule has 1 N–H and O–H groups in total. The number of nitrogens with zero attached hydrogens (tertiary/aromatic N) is 7. The van der Waals surface area contributed by atoms with E-state index in [1.54, 1.807) is 31.7 Å². The van der Waals surface area contributed by atoms with Crippen LogP contribution in [-0.2, 0) is 0 Å². The summed E-state index contributed by atoms with van der Waals surface area (Å²) in [6.07, 6.45) is 6.48. The summed E-state index contributed by atoms with van der Waals surface area (Å²) >= 11 is 0. The quantitative estimate of drug-likeness (QED) is 0.741. The van der Waals surface area contributed by atoms with Gasteiger partial charge in [-0.25, -0.2) is 14.6 Å². The van der Waals surface area contributed by atoms with E-state index in [2.05, 4.69) is 35.3 Å². The molecule has 0 aromatic carbocycles. The molecule has 0 bridgehead atoms. The Morgan fingerprint density at radius 3 is 2.67 bits per heavy atom. The third kappa shape index (κ3) is 2.48. The molecular formula is C12H12N8O. The van der Waals surface area contributed by atoms with Gasteiger partial charge in [0.05, 0.1) is 7.11 Å². The van der Waals surface area contributed by atoms with Crippen LogP contribution in [0.15, 0.2) is 30.9 Å². The van der Waals surface area contributed by atoms with Crippen molar-refractivity contribution in [2.75, 3.05) is 19.5 Å². The van der Waals surface area contributed by atoms with E-state index in [-0.39, 0.29) is 0 Å². The SMILES string of the molecule is CNc1nc(-c2nccnc2OC)nc(-n2cccn2)n1. The van der Waals surface area contributed by atoms with Crippen molar-refractivity contribution in [2.24, 2.45) is 0 Å². The van der Waals surface area contributed by atoms with E-state index in [1.807, 2.05) is 0 Å². The largest absolute Gasteiger partial charge is 0.479 e. The molecule has 0 aliphatic rings. The molecule has 3 rings (SSSR count). The molecule has 0 saturated carbocycles. The Bertz CT molecular complexity index is 743. The molecule has 9 heteroatoms. The van der Waals surface area contributed by atoms with E-state index in [9.17, 15) is 0 Å². The maximum atomic E-state index is 5.19. The topological polar surface area (TPSA) is 104 Å². The van der Waals surface area contributed by atoms with Crippen LogP contribution in [0.2, 0.25) is 0 Å². The lowest BCUT2D eigenvalue weighted by molar-refractivity contribution is 0.397. The van der Waals surface area contributed by atoms with Gasteiger partial charge >= 0.3 is 0 Å². The fourth-order valence-corrected chi connectivity index (χ4v) is 1.70. The molecule has 3 aromatic heterocycles. The predicted molar refractivity (Wildman–Crippen MR) is 74.1 cm³/mol. The maximum absolute atomic E-state index is 5.19. The van der Waals surface area contributed by atoms with Gasteiger partial charge in [-0.15, -0.1) is 0 Å². The maximum Gasteiger partial charge on any atom is 0.255 e. The van der Waals surface area contributed by atoms with Crippen molar-refractivity contribution in [1.29, 1.82) is 0 Å². The van der Waals surface area contributed by atoms with Crippen molar-refractivity contribution in [1.82, 2.24) is 34.7 Å². The molecule has 0 amide bonds. The summed E-state index contributed by atoms with van der Waals surface area (Å²) in [5, 5.41) is 6.99. The normalized spacial score (nSPS) is 10.4. The Balaban J connectivity index is 2.16. The summed E-state index contributed by atoms with van der Waals surface area (Å²) in [7, 11) is 3.24. The van der Waals surface area contributed by atoms with Crippen LogP contribution in [0.1, 0.15) is 0 Å². The van der Waals surface area contributed by atoms with Gasteiger partial charge in [0.2, 0.25) is 11.8 Å². The highest BCUT2D eigenvalue weighted by Crippen LogP contribution is 2.22. The number of aromatic nitrogens is 7. The zero-order chi connectivity index (χ0) is 14.7. The first kappa shape index (κ1) is 12.9. The number of rotatable bonds is 4. The number of nitrogens with one attached hydrogen (secondary N) is 1. The van der Waals surface area contributed by atoms with Gasteiger partial charge in [0.25, 0.3) is 5.95 Å². The van der Waals surface area contributed by atoms with Crippen molar-refractivity contribution in [3.63, 3.8) is 0 Å². The minimum atomic E-state index is 0.345. The molecule has 0 fully saturated rings. The molecule has 0 aliphatic heterocycles. The van der Waals surface area contributed by atoms with Crippen LogP contribution in [0.5, 0.6) is 5.88 Å². The molecule has 21 heavy (non-hydrogen) atoms. The summed E-state index contributed by atoms with van der Waals surface area (Å²) in [5.41, 5.74) is 0.437. The van der Waals surface area contributed by atoms with Crippen LogP contribution in [0.25, 0.3) is 17.5 Å². The van der Waals surface area contributed by atoms with E-state index in [4.69, 9.17) is 4.74 Å². The number of anilines is 1. The molecule has 0 unspecified atom stereocenters. The average Bonchev–Trinajstić information content (AvgIpc) is 3.09. The third-order valence-corrected chi connectivity index (χ3v) is 2.63. The monoisotopic (exact) mass is 284 g/mol. The van der Waals surface area contributed by atoms with Gasteiger partial charge in [-0.3, -0.25) is 0 Å². The lowest BCUT2D eigenvalue weighted by atomic mass is 10.4. The second-order valence-electron chi connectivity index (χ2n) is 3.90. The molecule has 0 saturated heterocycles. The molecule has 3 heterocycles. The van der Waals surface area contributed by atoms with Gasteiger partial charge in [-0.1, -0.05) is 0 Å². The highest BCUT2D eigenvalue weighted by Gasteiger charge is 2.15. The zero-order valence-electron chi connectivity index (χ0n) is 11.4. The second-order valence-corrected chi connectivity index (χ2v) is 3.90. The Morgan fingerprint density at radius 1 is 1.10 bits per heavy atom. The first-order valence-corrected chi connectivity index (χ1v) is 6.11. The number of ether oxygens (including phenoxy) is 1. The van der Waals surface area contributed by atoms with Crippen molar-refractivity contribution in [3.8, 4) is 23.3 Å². The van der Waals surface area contributed by atoms with E-state index < -0.39 is 0 Å². The van der Waals surface area contributed by atoms with Crippen molar-refractivity contribution >= 4 is 5.95 Å². The van der Waals surface area contributed by atoms with E-state index in [0.29, 0.717) is 29.3 Å². The summed E-state index contributed by atoms with van der Waals surface area (Å²) in [6.45, 7) is 0. The lowest BCUT2D eigenvalue weighted by Crippen LogP contribution is -2.09. The Labute approximate surface area is 120 Å². The minimum absolute atomic E-state index is 0.345. The molecular weight excluding hydrogens is 272 g/mol. The molecule has 106 valence electrons. The van der Waals surface area contributed by atoms with E-state index >= 15 is 0 Å². The zero-order valence-corrected chi connectivity index (χ0v) is 11.4. The Kier molecular flexibility index (Phi) is 3.37. The van der Waals surface area contributed by atoms with Gasteiger partial charge in [0.1, 0.15) is 0 Å². The average molecular weight is 284 g/mol. The van der Waals surface area contributed by atoms with Crippen LogP contribution in [0, 0.1) is 0 Å². The summed E-state index contributed by atoms with van der Waals surface area (Å²) in [5.74, 6) is 1.47. The molecule has 3 aromatic rings. The van der Waals surface area contributed by atoms with Gasteiger partial charge < -0.3 is 10.1 Å². The van der Waals surface area contributed by atoms with Gasteiger partial charge in [0.15, 0.2) is 11.5 Å². The highest BCUT2D eigenvalue weighted by molar-refractivity contribution is 5.57. The first-order chi connectivity index (χ1) is 10.3. The third-order valence-electron chi connectivity index (χ3n) is 2.63. The fourth-order valence-electron chi connectivity index (χ4n) is 1.70. The summed E-state index contributed by atoms with van der Waals surface area (Å²) in [4.78, 5) is 21.2. The minimum Gasteiger partial charge on any atom is -0.479 e. The standard InChI is InChI=1S/C12H12N8O/c1-13-11-17-9(8-10(21-2)15-6-5-14-8)18-12(19-11)20-7-3-4-16-20/h3-7H,1-2H3,(H,13,17,18,19). The first-order valence-electron chi connectivity index (χ1n) is 6.11. The van der Waals surface area contributed by atoms with Crippen LogP contribution in [-0.4, -0.2) is 48.9 Å². The molecule has 9 nitrogen and oxygen atoms in total. The summed E-state index contributed by atoms with van der Waals surface area (Å²) < 4.78 is 6.72. The van der Waals surface area contributed by atoms with Crippen molar-refractivity contribution in [3.05, 3.63) is 30.9 Å². The van der Waals surface area contributed by atoms with Crippen molar-refractivity contribution in [2.45, 2.75) is 0 Å². The van der Waals surface area contributed by atoms with Crippen molar-refractivity contribution < 1.29 is 4.74 Å².